The van der Waals surface area contributed by atoms with Crippen molar-refractivity contribution in [3.05, 3.63) is 83.9 Å². The molecule has 0 fully saturated rings. The van der Waals surface area contributed by atoms with Gasteiger partial charge in [0.25, 0.3) is 5.91 Å². The molecule has 4 atom stereocenters. The van der Waals surface area contributed by atoms with Crippen molar-refractivity contribution in [1.29, 1.82) is 0 Å². The van der Waals surface area contributed by atoms with E-state index in [2.05, 4.69) is 16.0 Å². The maximum Gasteiger partial charge on any atom is 0.408 e. The molecular formula is C36H46N4O6. The van der Waals surface area contributed by atoms with Gasteiger partial charge in [0.1, 0.15) is 18.7 Å². The molecule has 246 valence electrons. The number of hydrogen-bond acceptors (Lipinski definition) is 6. The number of Topliss-reactive ketones (excluding diaryl/α,β-unsaturated/α-hetero) is 1. The van der Waals surface area contributed by atoms with E-state index < -0.39 is 47.7 Å². The lowest BCUT2D eigenvalue weighted by atomic mass is 9.93. The topological polar surface area (TPSA) is 134 Å². The van der Waals surface area contributed by atoms with Crippen molar-refractivity contribution in [2.45, 2.75) is 71.7 Å². The van der Waals surface area contributed by atoms with Gasteiger partial charge in [0.05, 0.1) is 6.04 Å². The van der Waals surface area contributed by atoms with Crippen molar-refractivity contribution >= 4 is 40.4 Å². The molecule has 0 saturated heterocycles. The Labute approximate surface area is 271 Å². The fraction of sp³-hybridized carbons (Fsp3) is 0.417. The molecule has 0 aliphatic carbocycles. The number of nitrogens with one attached hydrogen (secondary N) is 3. The molecule has 0 bridgehead atoms. The summed E-state index contributed by atoms with van der Waals surface area (Å²) in [6.45, 7) is 7.44. The second-order valence-corrected chi connectivity index (χ2v) is 12.3. The molecule has 0 saturated carbocycles. The predicted octanol–water partition coefficient (Wildman–Crippen LogP) is 4.40. The number of nitrogens with zero attached hydrogens (tertiary/aromatic N) is 1. The highest BCUT2D eigenvalue weighted by molar-refractivity contribution is 6.39. The number of carbonyl (C=O) groups excluding carboxylic acids is 5. The van der Waals surface area contributed by atoms with Gasteiger partial charge in [-0.25, -0.2) is 4.79 Å². The van der Waals surface area contributed by atoms with Gasteiger partial charge in [-0.05, 0) is 40.2 Å². The van der Waals surface area contributed by atoms with Gasteiger partial charge in [0.15, 0.2) is 0 Å². The minimum Gasteiger partial charge on any atom is -0.445 e. The van der Waals surface area contributed by atoms with Crippen LogP contribution in [0.1, 0.15) is 51.7 Å². The zero-order valence-corrected chi connectivity index (χ0v) is 27.5. The number of carbonyl (C=O) groups is 5. The van der Waals surface area contributed by atoms with Gasteiger partial charge in [-0.15, -0.1) is 0 Å². The number of ether oxygens (including phenoxy) is 1. The Morgan fingerprint density at radius 1 is 0.761 bits per heavy atom. The van der Waals surface area contributed by atoms with Crippen molar-refractivity contribution in [3.8, 4) is 0 Å². The second-order valence-electron chi connectivity index (χ2n) is 12.3. The van der Waals surface area contributed by atoms with E-state index >= 15 is 0 Å². The van der Waals surface area contributed by atoms with Crippen LogP contribution in [-0.4, -0.2) is 66.7 Å². The van der Waals surface area contributed by atoms with E-state index in [4.69, 9.17) is 4.74 Å². The first-order valence-electron chi connectivity index (χ1n) is 15.7. The first-order valence-corrected chi connectivity index (χ1v) is 15.7. The quantitative estimate of drug-likeness (QED) is 0.213. The van der Waals surface area contributed by atoms with E-state index in [-0.39, 0.29) is 31.3 Å². The minimum absolute atomic E-state index is 0.0270. The maximum absolute atomic E-state index is 13.6. The highest BCUT2D eigenvalue weighted by Gasteiger charge is 2.35. The fourth-order valence-corrected chi connectivity index (χ4v) is 5.05. The number of rotatable bonds is 15. The van der Waals surface area contributed by atoms with Crippen molar-refractivity contribution in [1.82, 2.24) is 20.9 Å². The Hall–Kier alpha value is -4.73. The van der Waals surface area contributed by atoms with Crippen LogP contribution in [0, 0.1) is 11.8 Å². The monoisotopic (exact) mass is 630 g/mol. The van der Waals surface area contributed by atoms with E-state index in [1.807, 2.05) is 93.6 Å². The summed E-state index contributed by atoms with van der Waals surface area (Å²) in [6.07, 6.45) is 0.174. The zero-order chi connectivity index (χ0) is 33.8. The number of alkyl carbamates (subject to hydrolysis) is 1. The summed E-state index contributed by atoms with van der Waals surface area (Å²) in [5.74, 6) is -3.19. The summed E-state index contributed by atoms with van der Waals surface area (Å²) >= 11 is 0. The van der Waals surface area contributed by atoms with Crippen molar-refractivity contribution in [3.63, 3.8) is 0 Å². The Kier molecular flexibility index (Phi) is 13.3. The van der Waals surface area contributed by atoms with Gasteiger partial charge >= 0.3 is 6.09 Å². The summed E-state index contributed by atoms with van der Waals surface area (Å²) in [5.41, 5.74) is 1.61. The third kappa shape index (κ3) is 10.4. The predicted molar refractivity (Wildman–Crippen MR) is 178 cm³/mol. The zero-order valence-electron chi connectivity index (χ0n) is 27.5. The van der Waals surface area contributed by atoms with Crippen LogP contribution in [0.4, 0.5) is 4.79 Å². The fourth-order valence-electron chi connectivity index (χ4n) is 5.05. The number of likely N-dealkylation sites (N-methyl/N-ethyl adjacent to an activating group) is 1. The third-order valence-electron chi connectivity index (χ3n) is 7.84. The molecule has 46 heavy (non-hydrogen) atoms. The average Bonchev–Trinajstić information content (AvgIpc) is 3.04. The molecule has 0 aliphatic rings. The molecule has 0 spiro atoms. The first kappa shape index (κ1) is 35.7. The normalized spacial score (nSPS) is 13.6. The van der Waals surface area contributed by atoms with Gasteiger partial charge < -0.3 is 25.6 Å². The van der Waals surface area contributed by atoms with Gasteiger partial charge in [0.2, 0.25) is 17.6 Å². The molecule has 0 aliphatic heterocycles. The molecule has 0 radical (unpaired) electrons. The van der Waals surface area contributed by atoms with Crippen LogP contribution >= 0.6 is 0 Å². The highest BCUT2D eigenvalue weighted by atomic mass is 16.5. The second kappa shape index (κ2) is 17.1. The largest absolute Gasteiger partial charge is 0.445 e. The van der Waals surface area contributed by atoms with E-state index in [1.54, 1.807) is 21.0 Å². The standard InChI is InChI=1S/C36H46N4O6/c1-7-24(4)31(39-33(42)29(19-23(2)3)38-36(45)46-22-25-13-9-8-10-14-25)32(41)34(43)37-30(35(44)40(5)6)21-26-17-18-27-15-11-12-16-28(27)20-26/h8-18,20,23-24,29-31H,7,19,21-22H2,1-6H3,(H,37,43)(H,38,45)(H,39,42)/t24-,29-,30-,31?/m0/s1. The van der Waals surface area contributed by atoms with Crippen LogP contribution in [0.2, 0.25) is 0 Å². The van der Waals surface area contributed by atoms with Gasteiger partial charge in [0, 0.05) is 20.5 Å². The summed E-state index contributed by atoms with van der Waals surface area (Å²) in [4.78, 5) is 67.6. The van der Waals surface area contributed by atoms with Crippen molar-refractivity contribution < 1.29 is 28.7 Å². The van der Waals surface area contributed by atoms with Crippen LogP contribution in [-0.2, 0) is 36.9 Å². The van der Waals surface area contributed by atoms with Crippen molar-refractivity contribution in [2.24, 2.45) is 11.8 Å². The Bertz CT molecular complexity index is 1510. The number of benzene rings is 3. The molecule has 1 unspecified atom stereocenters. The average molecular weight is 631 g/mol. The first-order chi connectivity index (χ1) is 21.9. The highest BCUT2D eigenvalue weighted by Crippen LogP contribution is 2.18. The molecule has 0 aromatic heterocycles. The van der Waals surface area contributed by atoms with E-state index in [1.165, 1.54) is 4.90 Å². The smallest absolute Gasteiger partial charge is 0.408 e. The number of hydrogen-bond donors (Lipinski definition) is 3. The maximum atomic E-state index is 13.6. The molecule has 3 aromatic rings. The van der Waals surface area contributed by atoms with Gasteiger partial charge in [-0.3, -0.25) is 19.2 Å². The lowest BCUT2D eigenvalue weighted by Crippen LogP contribution is -2.58. The molecule has 10 heteroatoms. The molecular weight excluding hydrogens is 584 g/mol. The van der Waals surface area contributed by atoms with Gasteiger partial charge in [-0.1, -0.05) is 107 Å². The lowest BCUT2D eigenvalue weighted by molar-refractivity contribution is -0.143. The molecule has 0 heterocycles. The van der Waals surface area contributed by atoms with E-state index in [0.29, 0.717) is 6.42 Å². The Balaban J connectivity index is 1.74. The molecule has 3 N–H and O–H groups in total. The SMILES string of the molecule is CC[C@H](C)C(NC(=O)[C@H](CC(C)C)NC(=O)OCc1ccccc1)C(=O)C(=O)N[C@@H](Cc1ccc2ccccc2c1)C(=O)N(C)C. The number of ketones is 1. The number of fused-ring (bicyclic) bond motifs is 1. The summed E-state index contributed by atoms with van der Waals surface area (Å²) in [7, 11) is 3.16. The molecule has 3 aromatic carbocycles. The summed E-state index contributed by atoms with van der Waals surface area (Å²) < 4.78 is 5.31. The van der Waals surface area contributed by atoms with Crippen LogP contribution in [0.3, 0.4) is 0 Å². The molecule has 3 rings (SSSR count). The third-order valence-corrected chi connectivity index (χ3v) is 7.84. The molecule has 4 amide bonds. The van der Waals surface area contributed by atoms with Crippen molar-refractivity contribution in [2.75, 3.05) is 14.1 Å². The van der Waals surface area contributed by atoms with Crippen LogP contribution < -0.4 is 16.0 Å². The van der Waals surface area contributed by atoms with Crippen LogP contribution in [0.25, 0.3) is 10.8 Å². The van der Waals surface area contributed by atoms with Crippen LogP contribution in [0.5, 0.6) is 0 Å². The van der Waals surface area contributed by atoms with E-state index in [0.717, 1.165) is 21.9 Å². The number of amides is 4. The van der Waals surface area contributed by atoms with Gasteiger partial charge in [-0.2, -0.15) is 0 Å². The minimum atomic E-state index is -1.18. The summed E-state index contributed by atoms with van der Waals surface area (Å²) in [5, 5.41) is 10.00. The lowest BCUT2D eigenvalue weighted by Gasteiger charge is -2.27. The summed E-state index contributed by atoms with van der Waals surface area (Å²) in [6, 6.07) is 19.6. The Morgan fingerprint density at radius 2 is 1.41 bits per heavy atom. The Morgan fingerprint density at radius 3 is 2.04 bits per heavy atom. The van der Waals surface area contributed by atoms with Crippen LogP contribution in [0.15, 0.2) is 72.8 Å². The molecule has 10 nitrogen and oxygen atoms in total. The van der Waals surface area contributed by atoms with E-state index in [9.17, 15) is 24.0 Å².